The molecule has 4 fully saturated rings. The van der Waals surface area contributed by atoms with Crippen molar-refractivity contribution in [3.8, 4) is 0 Å². The third-order valence-corrected chi connectivity index (χ3v) is 6.46. The van der Waals surface area contributed by atoms with Gasteiger partial charge in [-0.05, 0) is 50.4 Å². The predicted molar refractivity (Wildman–Crippen MR) is 71.1 cm³/mol. The molecule has 3 unspecified atom stereocenters. The zero-order valence-corrected chi connectivity index (χ0v) is 10.8. The molecule has 1 aliphatic heterocycles. The molecule has 4 rings (SSSR count). The van der Waals surface area contributed by atoms with Gasteiger partial charge in [0, 0.05) is 1.43 Å². The van der Waals surface area contributed by atoms with E-state index in [0.717, 1.165) is 29.8 Å². The summed E-state index contributed by atoms with van der Waals surface area (Å²) in [4.78, 5) is 16.7. The average Bonchev–Trinajstić information content (AvgIpc) is 2.90. The lowest BCUT2D eigenvalue weighted by Gasteiger charge is -2.33. The van der Waals surface area contributed by atoms with E-state index in [0.29, 0.717) is 6.04 Å². The molecule has 1 saturated heterocycles. The van der Waals surface area contributed by atoms with Gasteiger partial charge in [0.05, 0.1) is 6.04 Å². The molecule has 3 aliphatic carbocycles. The van der Waals surface area contributed by atoms with Crippen molar-refractivity contribution < 1.29 is 6.22 Å². The number of nitrogens with zero attached hydrogens (tertiary/aromatic N) is 1. The highest BCUT2D eigenvalue weighted by Gasteiger charge is 2.51. The van der Waals surface area contributed by atoms with Crippen LogP contribution in [0, 0.1) is 11.8 Å². The summed E-state index contributed by atoms with van der Waals surface area (Å²) >= 11 is 1.71. The molecule has 1 spiro atoms. The largest absolute Gasteiger partial charge is 0.304 e. The van der Waals surface area contributed by atoms with Crippen LogP contribution in [0.2, 0.25) is 0 Å². The summed E-state index contributed by atoms with van der Waals surface area (Å²) < 4.78 is -0.115. The Balaban J connectivity index is 0.000001000. The van der Waals surface area contributed by atoms with E-state index >= 15 is 0 Å². The minimum Gasteiger partial charge on any atom is -0.304 e. The summed E-state index contributed by atoms with van der Waals surface area (Å²) in [5.41, 5.74) is 0. The second-order valence-corrected chi connectivity index (χ2v) is 7.45. The smallest absolute Gasteiger partial charge is 0.242 e. The van der Waals surface area contributed by atoms with Crippen LogP contribution in [-0.2, 0) is 4.79 Å². The highest BCUT2D eigenvalue weighted by Crippen LogP contribution is 2.50. The van der Waals surface area contributed by atoms with Crippen LogP contribution in [0.4, 0.5) is 0 Å². The van der Waals surface area contributed by atoms with Gasteiger partial charge in [0.15, 0.2) is 5.17 Å². The molecule has 0 radical (unpaired) electrons. The molecule has 3 nitrogen and oxygen atoms in total. The quantitative estimate of drug-likeness (QED) is 0.779. The van der Waals surface area contributed by atoms with Gasteiger partial charge in [-0.2, -0.15) is 0 Å². The Morgan fingerprint density at radius 2 is 2.24 bits per heavy atom. The number of aliphatic imine (C=N–C) groups is 1. The SMILES string of the molecule is O=C1NC(=NC2CC3CCC2C3)SC12CCC2.[HH]. The highest BCUT2D eigenvalue weighted by molar-refractivity contribution is 8.16. The molecule has 3 atom stereocenters. The van der Waals surface area contributed by atoms with E-state index in [2.05, 4.69) is 5.32 Å². The first-order valence-corrected chi connectivity index (χ1v) is 7.65. The second-order valence-electron chi connectivity index (χ2n) is 6.08. The molecule has 4 heteroatoms. The summed E-state index contributed by atoms with van der Waals surface area (Å²) in [6, 6.07) is 0.506. The van der Waals surface area contributed by atoms with Crippen molar-refractivity contribution in [1.82, 2.24) is 5.32 Å². The van der Waals surface area contributed by atoms with Crippen molar-refractivity contribution in [2.45, 2.75) is 55.7 Å². The van der Waals surface area contributed by atoms with Crippen LogP contribution < -0.4 is 5.32 Å². The van der Waals surface area contributed by atoms with Crippen LogP contribution in [0.15, 0.2) is 4.99 Å². The van der Waals surface area contributed by atoms with Gasteiger partial charge in [-0.1, -0.05) is 18.2 Å². The van der Waals surface area contributed by atoms with Gasteiger partial charge in [0.1, 0.15) is 4.75 Å². The van der Waals surface area contributed by atoms with Gasteiger partial charge in [-0.25, -0.2) is 0 Å². The summed E-state index contributed by atoms with van der Waals surface area (Å²) in [5, 5.41) is 3.93. The van der Waals surface area contributed by atoms with Crippen LogP contribution in [0.3, 0.4) is 0 Å². The first-order valence-electron chi connectivity index (χ1n) is 6.83. The first-order chi connectivity index (χ1) is 8.25. The molecular weight excluding hydrogens is 232 g/mol. The number of fused-ring (bicyclic) bond motifs is 2. The minimum absolute atomic E-state index is 0. The fourth-order valence-electron chi connectivity index (χ4n) is 3.87. The van der Waals surface area contributed by atoms with Crippen molar-refractivity contribution in [3.05, 3.63) is 0 Å². The van der Waals surface area contributed by atoms with Gasteiger partial charge < -0.3 is 5.32 Å². The van der Waals surface area contributed by atoms with Crippen LogP contribution in [0.5, 0.6) is 0 Å². The van der Waals surface area contributed by atoms with E-state index in [9.17, 15) is 4.79 Å². The molecule has 0 aromatic carbocycles. The van der Waals surface area contributed by atoms with Crippen LogP contribution in [-0.4, -0.2) is 21.9 Å². The Morgan fingerprint density at radius 1 is 1.35 bits per heavy atom. The molecule has 0 aromatic heterocycles. The Morgan fingerprint density at radius 3 is 2.76 bits per heavy atom. The summed E-state index contributed by atoms with van der Waals surface area (Å²) in [6.45, 7) is 0. The highest BCUT2D eigenvalue weighted by atomic mass is 32.2. The number of hydrogen-bond donors (Lipinski definition) is 1. The van der Waals surface area contributed by atoms with Crippen LogP contribution in [0.1, 0.15) is 46.4 Å². The van der Waals surface area contributed by atoms with Crippen molar-refractivity contribution in [2.75, 3.05) is 0 Å². The van der Waals surface area contributed by atoms with Crippen molar-refractivity contribution in [1.29, 1.82) is 0 Å². The van der Waals surface area contributed by atoms with Crippen molar-refractivity contribution >= 4 is 22.8 Å². The number of thioether (sulfide) groups is 1. The van der Waals surface area contributed by atoms with E-state index in [-0.39, 0.29) is 12.1 Å². The number of amidine groups is 1. The molecular formula is C13H20N2OS. The number of hydrogen-bond acceptors (Lipinski definition) is 3. The van der Waals surface area contributed by atoms with Crippen LogP contribution in [0.25, 0.3) is 0 Å². The van der Waals surface area contributed by atoms with E-state index in [1.807, 2.05) is 0 Å². The molecule has 1 amide bonds. The number of carbonyl (C=O) groups is 1. The third-order valence-electron chi connectivity index (χ3n) is 5.07. The normalized spacial score (nSPS) is 44.4. The monoisotopic (exact) mass is 252 g/mol. The topological polar surface area (TPSA) is 41.5 Å². The van der Waals surface area contributed by atoms with Crippen molar-refractivity contribution in [2.24, 2.45) is 16.8 Å². The Kier molecular flexibility index (Phi) is 2.14. The van der Waals surface area contributed by atoms with Gasteiger partial charge >= 0.3 is 0 Å². The van der Waals surface area contributed by atoms with Crippen LogP contribution >= 0.6 is 11.8 Å². The minimum atomic E-state index is -0.115. The molecule has 4 aliphatic rings. The standard InChI is InChI=1S/C13H18N2OS.H2/c16-11-13(4-1-5-13)17-12(15-11)14-10-7-8-2-3-9(10)6-8;/h8-10H,1-7H2,(H,14,15,16);1H. The molecule has 94 valence electrons. The maximum atomic E-state index is 11.9. The zero-order valence-electron chi connectivity index (χ0n) is 9.95. The zero-order chi connectivity index (χ0) is 11.5. The third kappa shape index (κ3) is 1.49. The molecule has 1 N–H and O–H groups in total. The lowest BCUT2D eigenvalue weighted by molar-refractivity contribution is -0.123. The van der Waals surface area contributed by atoms with Crippen molar-refractivity contribution in [3.63, 3.8) is 0 Å². The predicted octanol–water partition coefficient (Wildman–Crippen LogP) is 2.56. The van der Waals surface area contributed by atoms with E-state index in [1.54, 1.807) is 11.8 Å². The van der Waals surface area contributed by atoms with Gasteiger partial charge in [-0.15, -0.1) is 0 Å². The maximum absolute atomic E-state index is 11.9. The Bertz CT molecular complexity index is 408. The van der Waals surface area contributed by atoms with Gasteiger partial charge in [0.2, 0.25) is 5.91 Å². The summed E-state index contributed by atoms with van der Waals surface area (Å²) in [6.07, 6.45) is 8.69. The average molecular weight is 252 g/mol. The lowest BCUT2D eigenvalue weighted by Crippen LogP contribution is -2.42. The fourth-order valence-corrected chi connectivity index (χ4v) is 5.21. The second kappa shape index (κ2) is 3.50. The maximum Gasteiger partial charge on any atom is 0.242 e. The Labute approximate surface area is 107 Å². The number of carbonyl (C=O) groups excluding carboxylic acids is 1. The molecule has 17 heavy (non-hydrogen) atoms. The first kappa shape index (κ1) is 10.4. The Hall–Kier alpha value is -0.510. The summed E-state index contributed by atoms with van der Waals surface area (Å²) in [7, 11) is 0. The number of amides is 1. The molecule has 1 heterocycles. The lowest BCUT2D eigenvalue weighted by atomic mass is 9.84. The number of nitrogens with one attached hydrogen (secondary N) is 1. The molecule has 2 bridgehead atoms. The van der Waals surface area contributed by atoms with Gasteiger partial charge in [0.25, 0.3) is 0 Å². The van der Waals surface area contributed by atoms with E-state index in [4.69, 9.17) is 4.99 Å². The molecule has 0 aromatic rings. The van der Waals surface area contributed by atoms with E-state index in [1.165, 1.54) is 32.1 Å². The number of rotatable bonds is 1. The fraction of sp³-hybridized carbons (Fsp3) is 0.846. The van der Waals surface area contributed by atoms with Gasteiger partial charge in [-0.3, -0.25) is 9.79 Å². The molecule has 3 saturated carbocycles. The summed E-state index contributed by atoms with van der Waals surface area (Å²) in [5.74, 6) is 1.95. The van der Waals surface area contributed by atoms with E-state index < -0.39 is 0 Å².